The van der Waals surface area contributed by atoms with Gasteiger partial charge in [0.05, 0.1) is 31.3 Å². The number of hydrogen-bond donors (Lipinski definition) is 0. The lowest BCUT2D eigenvalue weighted by Crippen LogP contribution is -2.44. The number of nitrogens with zero attached hydrogens (tertiary/aromatic N) is 4. The Morgan fingerprint density at radius 2 is 1.82 bits per heavy atom. The summed E-state index contributed by atoms with van der Waals surface area (Å²) in [5, 5.41) is 8.49. The highest BCUT2D eigenvalue weighted by Gasteiger charge is 2.26. The molecule has 0 radical (unpaired) electrons. The molecule has 0 spiro atoms. The lowest BCUT2D eigenvalue weighted by Gasteiger charge is -2.28. The van der Waals surface area contributed by atoms with Crippen molar-refractivity contribution in [3.8, 4) is 17.2 Å². The lowest BCUT2D eigenvalue weighted by molar-refractivity contribution is -0.134. The van der Waals surface area contributed by atoms with Gasteiger partial charge in [-0.05, 0) is 43.3 Å². The summed E-state index contributed by atoms with van der Waals surface area (Å²) in [6.07, 6.45) is 0. The normalized spacial score (nSPS) is 14.7. The molecule has 2 heterocycles. The Kier molecular flexibility index (Phi) is 7.46. The Hall–Kier alpha value is -3.11. The van der Waals surface area contributed by atoms with E-state index in [1.54, 1.807) is 59.0 Å². The van der Waals surface area contributed by atoms with E-state index in [-0.39, 0.29) is 12.5 Å². The van der Waals surface area contributed by atoms with Crippen molar-refractivity contribution in [1.82, 2.24) is 19.7 Å². The Labute approximate surface area is 195 Å². The van der Waals surface area contributed by atoms with Crippen LogP contribution in [-0.4, -0.2) is 64.2 Å². The molecule has 1 aliphatic heterocycles. The van der Waals surface area contributed by atoms with E-state index in [1.165, 1.54) is 17.8 Å². The molecule has 1 saturated heterocycles. The van der Waals surface area contributed by atoms with Gasteiger partial charge in [-0.2, -0.15) is 0 Å². The number of thioether (sulfide) groups is 1. The van der Waals surface area contributed by atoms with Crippen molar-refractivity contribution < 1.29 is 23.4 Å². The largest absolute Gasteiger partial charge is 0.497 e. The topological polar surface area (TPSA) is 78.7 Å². The van der Waals surface area contributed by atoms with Crippen LogP contribution in [0.4, 0.5) is 4.39 Å². The molecule has 1 aliphatic rings. The number of carbonyl (C=O) groups is 1. The zero-order valence-corrected chi connectivity index (χ0v) is 19.3. The van der Waals surface area contributed by atoms with Crippen LogP contribution in [0.3, 0.4) is 0 Å². The number of benzene rings is 2. The van der Waals surface area contributed by atoms with E-state index in [1.807, 2.05) is 6.92 Å². The third-order valence-electron chi connectivity index (χ3n) is 5.17. The van der Waals surface area contributed by atoms with Gasteiger partial charge in [-0.25, -0.2) is 4.39 Å². The van der Waals surface area contributed by atoms with Gasteiger partial charge in [-0.3, -0.25) is 9.36 Å². The van der Waals surface area contributed by atoms with Gasteiger partial charge >= 0.3 is 0 Å². The second kappa shape index (κ2) is 10.7. The summed E-state index contributed by atoms with van der Waals surface area (Å²) in [5.74, 6) is 1.32. The summed E-state index contributed by atoms with van der Waals surface area (Å²) in [5.41, 5.74) is 0.296. The van der Waals surface area contributed by atoms with E-state index in [4.69, 9.17) is 14.2 Å². The molecule has 4 rings (SSSR count). The first-order chi connectivity index (χ1) is 16.1. The molecule has 1 fully saturated rings. The molecule has 33 heavy (non-hydrogen) atoms. The number of aromatic nitrogens is 3. The van der Waals surface area contributed by atoms with Gasteiger partial charge in [0.2, 0.25) is 5.91 Å². The van der Waals surface area contributed by atoms with Crippen LogP contribution in [0, 0.1) is 5.82 Å². The van der Waals surface area contributed by atoms with Crippen molar-refractivity contribution in [2.24, 2.45) is 0 Å². The van der Waals surface area contributed by atoms with E-state index in [9.17, 15) is 9.18 Å². The first kappa shape index (κ1) is 23.1. The second-order valence-corrected chi connectivity index (χ2v) is 8.66. The number of carbonyl (C=O) groups excluding carboxylic acids is 1. The van der Waals surface area contributed by atoms with Crippen molar-refractivity contribution in [3.63, 3.8) is 0 Å². The van der Waals surface area contributed by atoms with Crippen LogP contribution in [0.5, 0.6) is 11.5 Å². The number of ether oxygens (including phenoxy) is 3. The maximum atomic E-state index is 14.7. The summed E-state index contributed by atoms with van der Waals surface area (Å²) in [6.45, 7) is 4.06. The predicted molar refractivity (Wildman–Crippen MR) is 121 cm³/mol. The first-order valence-corrected chi connectivity index (χ1v) is 11.4. The molecule has 0 saturated carbocycles. The van der Waals surface area contributed by atoms with Crippen LogP contribution in [0.2, 0.25) is 0 Å². The molecule has 10 heteroatoms. The number of para-hydroxylation sites is 1. The van der Waals surface area contributed by atoms with Crippen molar-refractivity contribution >= 4 is 17.7 Å². The molecule has 2 aromatic carbocycles. The van der Waals surface area contributed by atoms with Crippen molar-refractivity contribution in [3.05, 3.63) is 60.2 Å². The Morgan fingerprint density at radius 1 is 1.12 bits per heavy atom. The molecule has 1 amide bonds. The van der Waals surface area contributed by atoms with E-state index in [2.05, 4.69) is 10.2 Å². The highest BCUT2D eigenvalue weighted by molar-refractivity contribution is 8.00. The average molecular weight is 473 g/mol. The second-order valence-electron chi connectivity index (χ2n) is 7.35. The number of rotatable bonds is 8. The number of methoxy groups -OCH3 is 1. The van der Waals surface area contributed by atoms with Crippen molar-refractivity contribution in [2.75, 3.05) is 33.4 Å². The Morgan fingerprint density at radius 3 is 2.52 bits per heavy atom. The van der Waals surface area contributed by atoms with Crippen LogP contribution in [0.1, 0.15) is 12.7 Å². The fourth-order valence-corrected chi connectivity index (χ4v) is 4.38. The zero-order valence-electron chi connectivity index (χ0n) is 18.4. The van der Waals surface area contributed by atoms with Crippen molar-refractivity contribution in [2.45, 2.75) is 23.9 Å². The average Bonchev–Trinajstić information content (AvgIpc) is 3.25. The summed E-state index contributed by atoms with van der Waals surface area (Å²) in [7, 11) is 1.59. The molecule has 1 aromatic heterocycles. The highest BCUT2D eigenvalue weighted by atomic mass is 32.2. The fourth-order valence-electron chi connectivity index (χ4n) is 3.41. The molecule has 1 atom stereocenters. The number of morpholine rings is 1. The number of hydrogen-bond acceptors (Lipinski definition) is 7. The molecule has 3 aromatic rings. The molecule has 0 N–H and O–H groups in total. The van der Waals surface area contributed by atoms with Gasteiger partial charge in [-0.15, -0.1) is 10.2 Å². The van der Waals surface area contributed by atoms with Gasteiger partial charge in [0.15, 0.2) is 11.0 Å². The molecule has 0 bridgehead atoms. The monoisotopic (exact) mass is 472 g/mol. The number of halogens is 1. The number of amides is 1. The van der Waals surface area contributed by atoms with Crippen LogP contribution < -0.4 is 9.47 Å². The van der Waals surface area contributed by atoms with E-state index < -0.39 is 11.1 Å². The maximum absolute atomic E-state index is 14.7. The minimum Gasteiger partial charge on any atom is -0.497 e. The predicted octanol–water partition coefficient (Wildman–Crippen LogP) is 3.33. The van der Waals surface area contributed by atoms with Gasteiger partial charge in [-0.1, -0.05) is 23.9 Å². The quantitative estimate of drug-likeness (QED) is 0.465. The SMILES string of the molecule is COc1ccc(OCc2nnc(SC(C)C(=O)N3CCOCC3)n2-c2ccccc2F)cc1. The first-order valence-electron chi connectivity index (χ1n) is 10.6. The molecule has 174 valence electrons. The van der Waals surface area contributed by atoms with Gasteiger partial charge < -0.3 is 19.1 Å². The fraction of sp³-hybridized carbons (Fsp3) is 0.348. The molecular formula is C23H25FN4O4S. The van der Waals surface area contributed by atoms with E-state index in [0.29, 0.717) is 48.7 Å². The van der Waals surface area contributed by atoms with Crippen molar-refractivity contribution in [1.29, 1.82) is 0 Å². The minimum atomic E-state index is -0.423. The van der Waals surface area contributed by atoms with E-state index >= 15 is 0 Å². The molecule has 8 nitrogen and oxygen atoms in total. The Balaban J connectivity index is 1.57. The summed E-state index contributed by atoms with van der Waals surface area (Å²) in [4.78, 5) is 14.6. The standard InChI is InChI=1S/C23H25FN4O4S/c1-16(22(29)27-11-13-31-14-12-27)33-23-26-25-21(28(23)20-6-4-3-5-19(20)24)15-32-18-9-7-17(30-2)8-10-18/h3-10,16H,11-15H2,1-2H3. The molecule has 0 aliphatic carbocycles. The molecule has 1 unspecified atom stereocenters. The van der Waals surface area contributed by atoms with Gasteiger partial charge in [0.25, 0.3) is 0 Å². The maximum Gasteiger partial charge on any atom is 0.236 e. The summed E-state index contributed by atoms with van der Waals surface area (Å²) >= 11 is 1.24. The van der Waals surface area contributed by atoms with Gasteiger partial charge in [0, 0.05) is 13.1 Å². The third-order valence-corrected chi connectivity index (χ3v) is 6.20. The van der Waals surface area contributed by atoms with Crippen LogP contribution >= 0.6 is 11.8 Å². The minimum absolute atomic E-state index is 0.0117. The zero-order chi connectivity index (χ0) is 23.2. The summed E-state index contributed by atoms with van der Waals surface area (Å²) < 4.78 is 32.7. The molecular weight excluding hydrogens is 447 g/mol. The Bertz CT molecular complexity index is 1090. The van der Waals surface area contributed by atoms with Crippen LogP contribution in [0.25, 0.3) is 5.69 Å². The smallest absolute Gasteiger partial charge is 0.236 e. The lowest BCUT2D eigenvalue weighted by atomic mass is 10.3. The van der Waals surface area contributed by atoms with Crippen LogP contribution in [0.15, 0.2) is 53.7 Å². The van der Waals surface area contributed by atoms with Gasteiger partial charge in [0.1, 0.15) is 23.9 Å². The third kappa shape index (κ3) is 5.45. The summed E-state index contributed by atoms with van der Waals surface area (Å²) in [6, 6.07) is 13.5. The highest BCUT2D eigenvalue weighted by Crippen LogP contribution is 2.29. The van der Waals surface area contributed by atoms with E-state index in [0.717, 1.165) is 5.75 Å². The van der Waals surface area contributed by atoms with Crippen LogP contribution in [-0.2, 0) is 16.1 Å².